The minimum Gasteiger partial charge on any atom is -0.474 e. The molecule has 17 heavy (non-hydrogen) atoms. The summed E-state index contributed by atoms with van der Waals surface area (Å²) in [7, 11) is 0. The Morgan fingerprint density at radius 3 is 1.76 bits per heavy atom. The lowest BCUT2D eigenvalue weighted by Crippen LogP contribution is -2.36. The number of nitrogens with zero attached hydrogens (tertiary/aromatic N) is 2. The fourth-order valence-electron chi connectivity index (χ4n) is 1.78. The van der Waals surface area contributed by atoms with Crippen molar-refractivity contribution in [2.45, 2.75) is 26.1 Å². The molecule has 2 unspecified atom stereocenters. The second-order valence-electron chi connectivity index (χ2n) is 4.71. The van der Waals surface area contributed by atoms with Gasteiger partial charge < -0.3 is 9.47 Å². The van der Waals surface area contributed by atoms with Crippen LogP contribution < -0.4 is 0 Å². The molecule has 2 atom stereocenters. The topological polar surface area (TPSA) is 43.2 Å². The van der Waals surface area contributed by atoms with Crippen molar-refractivity contribution in [1.29, 1.82) is 0 Å². The molecule has 2 aliphatic heterocycles. The first-order chi connectivity index (χ1) is 8.07. The van der Waals surface area contributed by atoms with E-state index in [1.54, 1.807) is 0 Å². The minimum absolute atomic E-state index is 0.215. The van der Waals surface area contributed by atoms with Crippen LogP contribution in [0.2, 0.25) is 0 Å². The maximum atomic E-state index is 5.84. The monoisotopic (exact) mass is 462 g/mol. The number of hydrogen-bond acceptors (Lipinski definition) is 4. The second kappa shape index (κ2) is 5.58. The zero-order chi connectivity index (χ0) is 12.5. The Labute approximate surface area is 129 Å². The Kier molecular flexibility index (Phi) is 4.54. The van der Waals surface area contributed by atoms with Crippen molar-refractivity contribution < 1.29 is 9.47 Å². The molecular formula is C11H16I2N2O2. The summed E-state index contributed by atoms with van der Waals surface area (Å²) in [6, 6.07) is 0. The third-order valence-corrected chi connectivity index (χ3v) is 4.81. The van der Waals surface area contributed by atoms with E-state index < -0.39 is 0 Å². The summed E-state index contributed by atoms with van der Waals surface area (Å²) < 4.78 is 13.6. The van der Waals surface area contributed by atoms with Gasteiger partial charge in [-0.2, -0.15) is 0 Å². The van der Waals surface area contributed by atoms with E-state index in [-0.39, 0.29) is 17.6 Å². The molecule has 2 heterocycles. The molecule has 0 aromatic heterocycles. The SMILES string of the molecule is CC(C)(C1=NCC(CI)O1)C1=NCC(CI)O1. The van der Waals surface area contributed by atoms with E-state index >= 15 is 0 Å². The summed E-state index contributed by atoms with van der Waals surface area (Å²) in [5.74, 6) is 1.54. The van der Waals surface area contributed by atoms with Gasteiger partial charge in [0.25, 0.3) is 0 Å². The molecule has 4 nitrogen and oxygen atoms in total. The molecule has 0 saturated heterocycles. The standard InChI is InChI=1S/C11H16I2N2O2/c1-11(2,9-14-5-7(3-12)16-9)10-15-6-8(4-13)17-10/h7-8H,3-6H2,1-2H3. The molecule has 0 aromatic rings. The van der Waals surface area contributed by atoms with Gasteiger partial charge in [0.15, 0.2) is 11.8 Å². The van der Waals surface area contributed by atoms with Gasteiger partial charge in [-0.15, -0.1) is 0 Å². The fraction of sp³-hybridized carbons (Fsp3) is 0.818. The number of rotatable bonds is 4. The number of alkyl halides is 2. The van der Waals surface area contributed by atoms with Crippen molar-refractivity contribution >= 4 is 57.0 Å². The van der Waals surface area contributed by atoms with E-state index in [9.17, 15) is 0 Å². The predicted molar refractivity (Wildman–Crippen MR) is 85.9 cm³/mol. The summed E-state index contributed by atoms with van der Waals surface area (Å²) in [4.78, 5) is 8.96. The number of aliphatic imine (C=N–C) groups is 2. The van der Waals surface area contributed by atoms with Crippen molar-refractivity contribution in [3.8, 4) is 0 Å². The zero-order valence-electron chi connectivity index (χ0n) is 9.95. The third-order valence-electron chi connectivity index (χ3n) is 2.85. The highest BCUT2D eigenvalue weighted by molar-refractivity contribution is 14.1. The molecular weight excluding hydrogens is 446 g/mol. The van der Waals surface area contributed by atoms with Gasteiger partial charge in [0.05, 0.1) is 13.1 Å². The normalized spacial score (nSPS) is 28.5. The molecule has 6 heteroatoms. The van der Waals surface area contributed by atoms with Crippen LogP contribution in [0.15, 0.2) is 9.98 Å². The minimum atomic E-state index is -0.332. The molecule has 0 fully saturated rings. The van der Waals surface area contributed by atoms with E-state index in [0.717, 1.165) is 33.7 Å². The van der Waals surface area contributed by atoms with E-state index in [1.165, 1.54) is 0 Å². The summed E-state index contributed by atoms with van der Waals surface area (Å²) in [6.07, 6.45) is 0.430. The van der Waals surface area contributed by atoms with Gasteiger partial charge in [-0.1, -0.05) is 45.2 Å². The van der Waals surface area contributed by atoms with Gasteiger partial charge in [-0.25, -0.2) is 0 Å². The fourth-order valence-corrected chi connectivity index (χ4v) is 2.69. The van der Waals surface area contributed by atoms with Crippen molar-refractivity contribution in [1.82, 2.24) is 0 Å². The number of hydrogen-bond donors (Lipinski definition) is 0. The Balaban J connectivity index is 2.05. The first-order valence-electron chi connectivity index (χ1n) is 5.63. The highest BCUT2D eigenvalue weighted by atomic mass is 127. The lowest BCUT2D eigenvalue weighted by atomic mass is 9.93. The predicted octanol–water partition coefficient (Wildman–Crippen LogP) is 2.48. The first kappa shape index (κ1) is 13.8. The molecule has 0 aliphatic carbocycles. The summed E-state index contributed by atoms with van der Waals surface area (Å²) >= 11 is 4.65. The number of halogens is 2. The van der Waals surface area contributed by atoms with Crippen LogP contribution in [0.1, 0.15) is 13.8 Å². The molecule has 0 aromatic carbocycles. The number of ether oxygens (including phenoxy) is 2. The highest BCUT2D eigenvalue weighted by Crippen LogP contribution is 2.29. The van der Waals surface area contributed by atoms with Crippen LogP contribution in [0, 0.1) is 5.41 Å². The van der Waals surface area contributed by atoms with Gasteiger partial charge in [0.2, 0.25) is 0 Å². The third kappa shape index (κ3) is 2.87. The van der Waals surface area contributed by atoms with Gasteiger partial charge in [-0.3, -0.25) is 9.98 Å². The van der Waals surface area contributed by atoms with E-state index in [4.69, 9.17) is 9.47 Å². The largest absolute Gasteiger partial charge is 0.474 e. The van der Waals surface area contributed by atoms with Crippen LogP contribution in [0.25, 0.3) is 0 Å². The van der Waals surface area contributed by atoms with E-state index in [2.05, 4.69) is 69.0 Å². The van der Waals surface area contributed by atoms with Crippen molar-refractivity contribution in [3.05, 3.63) is 0 Å². The van der Waals surface area contributed by atoms with Crippen molar-refractivity contribution in [2.75, 3.05) is 21.9 Å². The maximum Gasteiger partial charge on any atom is 0.199 e. The molecule has 0 radical (unpaired) electrons. The Morgan fingerprint density at radius 2 is 1.47 bits per heavy atom. The van der Waals surface area contributed by atoms with Crippen molar-refractivity contribution in [3.63, 3.8) is 0 Å². The van der Waals surface area contributed by atoms with E-state index in [1.807, 2.05) is 0 Å². The first-order valence-corrected chi connectivity index (χ1v) is 8.68. The molecule has 2 aliphatic rings. The van der Waals surface area contributed by atoms with Crippen LogP contribution in [-0.2, 0) is 9.47 Å². The summed E-state index contributed by atoms with van der Waals surface area (Å²) in [5.41, 5.74) is -0.332. The zero-order valence-corrected chi connectivity index (χ0v) is 14.3. The van der Waals surface area contributed by atoms with Crippen LogP contribution in [0.5, 0.6) is 0 Å². The Hall–Kier alpha value is 0.400. The highest BCUT2D eigenvalue weighted by Gasteiger charge is 2.41. The van der Waals surface area contributed by atoms with Crippen LogP contribution in [0.4, 0.5) is 0 Å². The van der Waals surface area contributed by atoms with Gasteiger partial charge in [-0.05, 0) is 13.8 Å². The van der Waals surface area contributed by atoms with Crippen LogP contribution >= 0.6 is 45.2 Å². The van der Waals surface area contributed by atoms with E-state index in [0.29, 0.717) is 0 Å². The molecule has 2 rings (SSSR count). The lowest BCUT2D eigenvalue weighted by molar-refractivity contribution is 0.207. The van der Waals surface area contributed by atoms with Crippen molar-refractivity contribution in [2.24, 2.45) is 15.4 Å². The van der Waals surface area contributed by atoms with Gasteiger partial charge in [0.1, 0.15) is 17.6 Å². The molecule has 0 amide bonds. The Bertz CT molecular complexity index is 323. The van der Waals surface area contributed by atoms with Crippen LogP contribution in [-0.4, -0.2) is 45.9 Å². The smallest absolute Gasteiger partial charge is 0.199 e. The average Bonchev–Trinajstić information content (AvgIpc) is 2.98. The lowest BCUT2D eigenvalue weighted by Gasteiger charge is -2.25. The molecule has 0 spiro atoms. The molecule has 0 N–H and O–H groups in total. The second-order valence-corrected chi connectivity index (χ2v) is 6.47. The molecule has 0 saturated carbocycles. The van der Waals surface area contributed by atoms with Gasteiger partial charge in [0, 0.05) is 8.86 Å². The average molecular weight is 462 g/mol. The summed E-state index contributed by atoms with van der Waals surface area (Å²) in [6.45, 7) is 5.64. The molecule has 96 valence electrons. The summed E-state index contributed by atoms with van der Waals surface area (Å²) in [5, 5.41) is 0. The quantitative estimate of drug-likeness (QED) is 0.477. The maximum absolute atomic E-state index is 5.84. The molecule has 0 bridgehead atoms. The Morgan fingerprint density at radius 1 is 1.06 bits per heavy atom. The van der Waals surface area contributed by atoms with Crippen LogP contribution in [0.3, 0.4) is 0 Å². The van der Waals surface area contributed by atoms with Gasteiger partial charge >= 0.3 is 0 Å².